The fourth-order valence-corrected chi connectivity index (χ4v) is 8.12. The van der Waals surface area contributed by atoms with E-state index >= 15 is 0 Å². The zero-order chi connectivity index (χ0) is 40.3. The van der Waals surface area contributed by atoms with Gasteiger partial charge in [-0.25, -0.2) is 0 Å². The summed E-state index contributed by atoms with van der Waals surface area (Å²) >= 11 is 0. The Kier molecular flexibility index (Phi) is 8.54. The number of anilines is 3. The number of rotatable bonds is 8. The summed E-state index contributed by atoms with van der Waals surface area (Å²) in [4.78, 5) is 2.14. The Morgan fingerprint density at radius 2 is 0.797 bits per heavy atom. The number of halogens is 3. The number of alkyl halides is 3. The van der Waals surface area contributed by atoms with Gasteiger partial charge in [-0.1, -0.05) is 121 Å². The van der Waals surface area contributed by atoms with Gasteiger partial charge in [-0.15, -0.1) is 0 Å². The van der Waals surface area contributed by atoms with E-state index in [2.05, 4.69) is 94.0 Å². The van der Waals surface area contributed by atoms with Gasteiger partial charge in [0, 0.05) is 49.7 Å². The van der Waals surface area contributed by atoms with Crippen LogP contribution in [-0.4, -0.2) is 13.9 Å². The molecule has 0 radical (unpaired) electrons. The smallest absolute Gasteiger partial charge is 0.455 e. The molecule has 0 amide bonds. The molecule has 2 heterocycles. The van der Waals surface area contributed by atoms with Gasteiger partial charge in [-0.05, 0) is 82.9 Å². The van der Waals surface area contributed by atoms with Crippen molar-refractivity contribution < 1.29 is 34.6 Å². The lowest BCUT2D eigenvalue weighted by molar-refractivity contribution is -0.0500. The topological polar surface area (TPSA) is 72.9 Å². The molecule has 0 unspecified atom stereocenters. The molecular formula is C49H30F3NO5S. The summed E-state index contributed by atoms with van der Waals surface area (Å²) in [5.74, 6) is -0.436. The van der Waals surface area contributed by atoms with Crippen LogP contribution in [-0.2, 0) is 10.1 Å². The maximum atomic E-state index is 12.9. The maximum Gasteiger partial charge on any atom is 0.534 e. The van der Waals surface area contributed by atoms with Crippen molar-refractivity contribution in [3.8, 4) is 39.1 Å². The maximum absolute atomic E-state index is 12.9. The minimum Gasteiger partial charge on any atom is -0.455 e. The molecule has 10 rings (SSSR count). The van der Waals surface area contributed by atoms with E-state index in [-0.39, 0.29) is 0 Å². The molecule has 0 atom stereocenters. The van der Waals surface area contributed by atoms with Crippen molar-refractivity contribution in [1.29, 1.82) is 0 Å². The largest absolute Gasteiger partial charge is 0.534 e. The summed E-state index contributed by atoms with van der Waals surface area (Å²) in [6.45, 7) is 0. The number of benzene rings is 8. The molecule has 59 heavy (non-hydrogen) atoms. The van der Waals surface area contributed by atoms with E-state index in [1.807, 2.05) is 72.8 Å². The first kappa shape index (κ1) is 36.1. The molecule has 0 spiro atoms. The SMILES string of the molecule is O=S(=O)(Oc1ccc(-c2ccc(N(c3ccc(-c4cccc5c4oc4ccccc45)cc3)c3ccc(-c4cccc5c4oc4ccccc45)cc3)cc2)cc1)C(F)(F)F. The molecule has 0 aliphatic carbocycles. The van der Waals surface area contributed by atoms with Crippen LogP contribution in [0.15, 0.2) is 191 Å². The van der Waals surface area contributed by atoms with Crippen LogP contribution in [0.25, 0.3) is 77.3 Å². The van der Waals surface area contributed by atoms with Gasteiger partial charge in [-0.2, -0.15) is 21.6 Å². The first-order chi connectivity index (χ1) is 28.6. The third-order valence-electron chi connectivity index (χ3n) is 10.5. The Balaban J connectivity index is 1.01. The number of hydrogen-bond acceptors (Lipinski definition) is 6. The lowest BCUT2D eigenvalue weighted by atomic mass is 10.0. The van der Waals surface area contributed by atoms with Gasteiger partial charge >= 0.3 is 15.6 Å². The van der Waals surface area contributed by atoms with E-state index in [4.69, 9.17) is 8.83 Å². The molecule has 8 aromatic carbocycles. The lowest BCUT2D eigenvalue weighted by Crippen LogP contribution is -2.28. The third kappa shape index (κ3) is 6.43. The summed E-state index contributed by atoms with van der Waals surface area (Å²) < 4.78 is 78.6. The number of hydrogen-bond donors (Lipinski definition) is 0. The van der Waals surface area contributed by atoms with Crippen molar-refractivity contribution in [1.82, 2.24) is 0 Å². The molecule has 288 valence electrons. The standard InChI is InChI=1S/C49H30F3NO5S/c50-49(51,52)59(54,55)58-38-29-21-32(22-30-38)31-15-23-35(24-16-31)53(36-25-17-33(18-26-36)39-9-5-11-43-41-7-1-3-13-45(41)56-47(39)43)37-27-19-34(20-28-37)40-10-6-12-44-42-8-2-4-14-46(42)57-48(40)44/h1-30H. The Bertz CT molecular complexity index is 3120. The second-order valence-corrected chi connectivity index (χ2v) is 15.6. The van der Waals surface area contributed by atoms with E-state index < -0.39 is 21.4 Å². The van der Waals surface area contributed by atoms with Gasteiger partial charge in [0.15, 0.2) is 0 Å². The molecule has 10 heteroatoms. The zero-order valence-electron chi connectivity index (χ0n) is 30.9. The lowest BCUT2D eigenvalue weighted by Gasteiger charge is -2.26. The number of para-hydroxylation sites is 4. The van der Waals surface area contributed by atoms with Gasteiger partial charge in [0.05, 0.1) is 0 Å². The van der Waals surface area contributed by atoms with Gasteiger partial charge in [0.25, 0.3) is 0 Å². The Morgan fingerprint density at radius 3 is 1.22 bits per heavy atom. The van der Waals surface area contributed by atoms with Crippen LogP contribution in [0.2, 0.25) is 0 Å². The monoisotopic (exact) mass is 801 g/mol. The van der Waals surface area contributed by atoms with Gasteiger partial charge < -0.3 is 17.9 Å². The Labute approximate surface area is 336 Å². The third-order valence-corrected chi connectivity index (χ3v) is 11.5. The van der Waals surface area contributed by atoms with Gasteiger partial charge in [0.2, 0.25) is 0 Å². The predicted molar refractivity (Wildman–Crippen MR) is 228 cm³/mol. The van der Waals surface area contributed by atoms with Gasteiger partial charge in [-0.3, -0.25) is 0 Å². The highest BCUT2D eigenvalue weighted by molar-refractivity contribution is 7.88. The molecule has 0 N–H and O–H groups in total. The highest BCUT2D eigenvalue weighted by Gasteiger charge is 2.48. The van der Waals surface area contributed by atoms with Crippen LogP contribution < -0.4 is 9.08 Å². The second kappa shape index (κ2) is 14.0. The highest BCUT2D eigenvalue weighted by atomic mass is 32.2. The van der Waals surface area contributed by atoms with Crippen molar-refractivity contribution in [3.63, 3.8) is 0 Å². The molecule has 0 fully saturated rings. The summed E-state index contributed by atoms with van der Waals surface area (Å²) in [5.41, 5.74) is 5.83. The van der Waals surface area contributed by atoms with Crippen molar-refractivity contribution in [3.05, 3.63) is 182 Å². The summed E-state index contributed by atoms with van der Waals surface area (Å²) in [7, 11) is -5.78. The molecule has 6 nitrogen and oxygen atoms in total. The van der Waals surface area contributed by atoms with Crippen LogP contribution in [0.5, 0.6) is 5.75 Å². The molecule has 2 aromatic heterocycles. The molecule has 0 saturated heterocycles. The minimum absolute atomic E-state index is 0.436. The molecule has 0 aliphatic heterocycles. The van der Waals surface area contributed by atoms with Crippen LogP contribution in [0.3, 0.4) is 0 Å². The molecule has 0 bridgehead atoms. The quantitative estimate of drug-likeness (QED) is 0.113. The summed E-state index contributed by atoms with van der Waals surface area (Å²) in [6, 6.07) is 58.1. The van der Waals surface area contributed by atoms with E-state index in [0.717, 1.165) is 88.8 Å². The zero-order valence-corrected chi connectivity index (χ0v) is 31.7. The molecule has 10 aromatic rings. The van der Waals surface area contributed by atoms with Crippen LogP contribution in [0, 0.1) is 0 Å². The van der Waals surface area contributed by atoms with Crippen LogP contribution >= 0.6 is 0 Å². The predicted octanol–water partition coefficient (Wildman–Crippen LogP) is 14.2. The molecule has 0 saturated carbocycles. The van der Waals surface area contributed by atoms with Crippen LogP contribution in [0.4, 0.5) is 30.2 Å². The normalized spacial score (nSPS) is 12.1. The first-order valence-electron chi connectivity index (χ1n) is 18.6. The molecular weight excluding hydrogens is 772 g/mol. The summed E-state index contributed by atoms with van der Waals surface area (Å²) in [6.07, 6.45) is 0. The minimum atomic E-state index is -5.78. The Morgan fingerprint density at radius 1 is 0.424 bits per heavy atom. The average Bonchev–Trinajstić information content (AvgIpc) is 3.83. The number of fused-ring (bicyclic) bond motifs is 6. The molecule has 0 aliphatic rings. The van der Waals surface area contributed by atoms with E-state index in [0.29, 0.717) is 5.56 Å². The van der Waals surface area contributed by atoms with E-state index in [1.165, 1.54) is 24.3 Å². The van der Waals surface area contributed by atoms with E-state index in [9.17, 15) is 21.6 Å². The fraction of sp³-hybridized carbons (Fsp3) is 0.0204. The summed E-state index contributed by atoms with van der Waals surface area (Å²) in [5, 5.41) is 4.23. The first-order valence-corrected chi connectivity index (χ1v) is 20.0. The van der Waals surface area contributed by atoms with Crippen molar-refractivity contribution in [2.45, 2.75) is 5.51 Å². The van der Waals surface area contributed by atoms with Crippen molar-refractivity contribution in [2.75, 3.05) is 4.90 Å². The number of nitrogens with zero attached hydrogens (tertiary/aromatic N) is 1. The second-order valence-electron chi connectivity index (χ2n) is 14.0. The van der Waals surface area contributed by atoms with E-state index in [1.54, 1.807) is 0 Å². The van der Waals surface area contributed by atoms with Gasteiger partial charge in [0.1, 0.15) is 28.1 Å². The average molecular weight is 802 g/mol. The highest BCUT2D eigenvalue weighted by Crippen LogP contribution is 2.41. The van der Waals surface area contributed by atoms with Crippen LogP contribution in [0.1, 0.15) is 0 Å². The van der Waals surface area contributed by atoms with Crippen molar-refractivity contribution in [2.24, 2.45) is 0 Å². The number of furan rings is 2. The van der Waals surface area contributed by atoms with Crippen molar-refractivity contribution >= 4 is 71.1 Å². The Hall–Kier alpha value is -7.30. The fourth-order valence-electron chi connectivity index (χ4n) is 7.66.